The summed E-state index contributed by atoms with van der Waals surface area (Å²) in [6.45, 7) is 2.26. The van der Waals surface area contributed by atoms with Crippen LogP contribution in [0.15, 0.2) is 77.9 Å². The number of hydrogen-bond donors (Lipinski definition) is 1. The van der Waals surface area contributed by atoms with Crippen molar-refractivity contribution in [3.05, 3.63) is 101 Å². The maximum atomic E-state index is 13.9. The van der Waals surface area contributed by atoms with E-state index in [1.807, 2.05) is 49.4 Å². The van der Waals surface area contributed by atoms with E-state index < -0.39 is 0 Å². The van der Waals surface area contributed by atoms with E-state index >= 15 is 0 Å². The van der Waals surface area contributed by atoms with Gasteiger partial charge < -0.3 is 5.41 Å². The first-order valence-corrected chi connectivity index (χ1v) is 8.46. The molecule has 1 N–H and O–H groups in total. The fourth-order valence-electron chi connectivity index (χ4n) is 2.68. The number of aromatic nitrogens is 1. The van der Waals surface area contributed by atoms with Crippen molar-refractivity contribution in [2.75, 3.05) is 0 Å². The summed E-state index contributed by atoms with van der Waals surface area (Å²) in [5, 5.41) is 8.37. The molecule has 3 rings (SSSR count). The number of nitrogens with zero attached hydrogens (tertiary/aromatic N) is 2. The zero-order chi connectivity index (χ0) is 18.4. The minimum atomic E-state index is -0.264. The number of halogens is 1. The van der Waals surface area contributed by atoms with Gasteiger partial charge in [-0.25, -0.2) is 4.39 Å². The van der Waals surface area contributed by atoms with Crippen molar-refractivity contribution in [3.8, 4) is 0 Å². The molecule has 130 valence electrons. The first kappa shape index (κ1) is 17.7. The van der Waals surface area contributed by atoms with Gasteiger partial charge in [0.2, 0.25) is 0 Å². The SMILES string of the molecule is Cc1cccc(C(CC(=N)c2ccccn2)=NCc2ccccc2F)c1. The van der Waals surface area contributed by atoms with Crippen molar-refractivity contribution < 1.29 is 4.39 Å². The summed E-state index contributed by atoms with van der Waals surface area (Å²) >= 11 is 0. The minimum Gasteiger partial charge on any atom is -0.303 e. The van der Waals surface area contributed by atoms with Gasteiger partial charge in [0.05, 0.1) is 18.0 Å². The molecule has 0 radical (unpaired) electrons. The van der Waals surface area contributed by atoms with E-state index in [-0.39, 0.29) is 12.4 Å². The van der Waals surface area contributed by atoms with Crippen molar-refractivity contribution in [3.63, 3.8) is 0 Å². The number of benzene rings is 2. The van der Waals surface area contributed by atoms with Crippen LogP contribution in [-0.2, 0) is 6.54 Å². The lowest BCUT2D eigenvalue weighted by Crippen LogP contribution is -2.12. The second-order valence-corrected chi connectivity index (χ2v) is 6.09. The van der Waals surface area contributed by atoms with Crippen LogP contribution in [-0.4, -0.2) is 16.4 Å². The zero-order valence-corrected chi connectivity index (χ0v) is 14.6. The third-order valence-electron chi connectivity index (χ3n) is 4.07. The first-order chi connectivity index (χ1) is 12.6. The van der Waals surface area contributed by atoms with E-state index in [4.69, 9.17) is 5.41 Å². The average Bonchev–Trinajstić information content (AvgIpc) is 2.67. The summed E-state index contributed by atoms with van der Waals surface area (Å²) in [7, 11) is 0. The Hall–Kier alpha value is -3.14. The molecule has 0 spiro atoms. The third-order valence-corrected chi connectivity index (χ3v) is 4.07. The Bertz CT molecular complexity index is 933. The van der Waals surface area contributed by atoms with E-state index in [0.29, 0.717) is 23.4 Å². The molecule has 0 atom stereocenters. The molecule has 1 heterocycles. The molecule has 1 aromatic heterocycles. The Morgan fingerprint density at radius 3 is 2.58 bits per heavy atom. The monoisotopic (exact) mass is 345 g/mol. The summed E-state index contributed by atoms with van der Waals surface area (Å²) in [6, 6.07) is 20.1. The van der Waals surface area contributed by atoms with Crippen LogP contribution in [0, 0.1) is 18.2 Å². The second kappa shape index (κ2) is 8.30. The van der Waals surface area contributed by atoms with Gasteiger partial charge in [0, 0.05) is 23.9 Å². The number of aliphatic imine (C=N–C) groups is 1. The fourth-order valence-corrected chi connectivity index (χ4v) is 2.68. The smallest absolute Gasteiger partial charge is 0.128 e. The van der Waals surface area contributed by atoms with Crippen molar-refractivity contribution in [1.82, 2.24) is 4.98 Å². The predicted octanol–water partition coefficient (Wildman–Crippen LogP) is 4.98. The topological polar surface area (TPSA) is 49.1 Å². The summed E-state index contributed by atoms with van der Waals surface area (Å²) < 4.78 is 13.9. The van der Waals surface area contributed by atoms with Crippen LogP contribution >= 0.6 is 0 Å². The molecule has 0 saturated carbocycles. The van der Waals surface area contributed by atoms with Crippen molar-refractivity contribution in [2.24, 2.45) is 4.99 Å². The van der Waals surface area contributed by atoms with Gasteiger partial charge in [-0.1, -0.05) is 54.1 Å². The van der Waals surface area contributed by atoms with Gasteiger partial charge >= 0.3 is 0 Å². The van der Waals surface area contributed by atoms with Gasteiger partial charge in [-0.3, -0.25) is 9.98 Å². The van der Waals surface area contributed by atoms with Crippen molar-refractivity contribution in [2.45, 2.75) is 19.9 Å². The van der Waals surface area contributed by atoms with Crippen molar-refractivity contribution in [1.29, 1.82) is 5.41 Å². The summed E-state index contributed by atoms with van der Waals surface area (Å²) in [5.74, 6) is -0.264. The maximum absolute atomic E-state index is 13.9. The number of pyridine rings is 1. The molecule has 3 aromatic rings. The highest BCUT2D eigenvalue weighted by molar-refractivity contribution is 6.16. The lowest BCUT2D eigenvalue weighted by Gasteiger charge is -2.10. The molecule has 0 fully saturated rings. The maximum Gasteiger partial charge on any atom is 0.128 e. The molecule has 2 aromatic carbocycles. The highest BCUT2D eigenvalue weighted by Gasteiger charge is 2.11. The van der Waals surface area contributed by atoms with E-state index in [0.717, 1.165) is 16.8 Å². The van der Waals surface area contributed by atoms with Crippen LogP contribution in [0.1, 0.15) is 28.8 Å². The molecule has 0 saturated heterocycles. The first-order valence-electron chi connectivity index (χ1n) is 8.46. The molecule has 0 bridgehead atoms. The Kier molecular flexibility index (Phi) is 5.64. The molecule has 0 unspecified atom stereocenters. The van der Waals surface area contributed by atoms with Gasteiger partial charge in [-0.15, -0.1) is 0 Å². The van der Waals surface area contributed by atoms with Crippen LogP contribution in [0.3, 0.4) is 0 Å². The van der Waals surface area contributed by atoms with Crippen LogP contribution in [0.5, 0.6) is 0 Å². The highest BCUT2D eigenvalue weighted by atomic mass is 19.1. The molecular weight excluding hydrogens is 325 g/mol. The minimum absolute atomic E-state index is 0.242. The number of nitrogens with one attached hydrogen (secondary N) is 1. The highest BCUT2D eigenvalue weighted by Crippen LogP contribution is 2.14. The van der Waals surface area contributed by atoms with Crippen LogP contribution in [0.4, 0.5) is 4.39 Å². The van der Waals surface area contributed by atoms with Gasteiger partial charge in [0.15, 0.2) is 0 Å². The van der Waals surface area contributed by atoms with Crippen molar-refractivity contribution >= 4 is 11.4 Å². The fraction of sp³-hybridized carbons (Fsp3) is 0.136. The molecule has 0 amide bonds. The van der Waals surface area contributed by atoms with E-state index in [9.17, 15) is 4.39 Å². The van der Waals surface area contributed by atoms with Gasteiger partial charge in [0.1, 0.15) is 5.82 Å². The molecule has 0 aliphatic heterocycles. The number of hydrogen-bond acceptors (Lipinski definition) is 3. The average molecular weight is 345 g/mol. The molecule has 26 heavy (non-hydrogen) atoms. The largest absolute Gasteiger partial charge is 0.303 e. The molecule has 3 nitrogen and oxygen atoms in total. The van der Waals surface area contributed by atoms with Gasteiger partial charge in [0.25, 0.3) is 0 Å². The van der Waals surface area contributed by atoms with Crippen LogP contribution in [0.25, 0.3) is 0 Å². The van der Waals surface area contributed by atoms with Gasteiger partial charge in [-0.05, 0) is 30.7 Å². The summed E-state index contributed by atoms with van der Waals surface area (Å²) in [4.78, 5) is 8.88. The molecule has 0 aliphatic carbocycles. The zero-order valence-electron chi connectivity index (χ0n) is 14.6. The van der Waals surface area contributed by atoms with Gasteiger partial charge in [-0.2, -0.15) is 0 Å². The molecule has 4 heteroatoms. The number of aryl methyl sites for hydroxylation is 1. The molecular formula is C22H20FN3. The third kappa shape index (κ3) is 4.48. The second-order valence-electron chi connectivity index (χ2n) is 6.09. The van der Waals surface area contributed by atoms with Crippen LogP contribution < -0.4 is 0 Å². The summed E-state index contributed by atoms with van der Waals surface area (Å²) in [6.07, 6.45) is 2.02. The quantitative estimate of drug-likeness (QED) is 0.630. The lowest BCUT2D eigenvalue weighted by molar-refractivity contribution is 0.611. The standard InChI is InChI=1S/C22H20FN3/c1-16-7-6-9-17(13-16)22(14-20(24)21-11-4-5-12-25-21)26-15-18-8-2-3-10-19(18)23/h2-13,24H,14-15H2,1H3. The normalized spacial score (nSPS) is 11.4. The Labute approximate surface area is 152 Å². The summed E-state index contributed by atoms with van der Waals surface area (Å²) in [5.41, 5.74) is 4.38. The Balaban J connectivity index is 1.90. The number of rotatable bonds is 6. The van der Waals surface area contributed by atoms with E-state index in [1.165, 1.54) is 6.07 Å². The van der Waals surface area contributed by atoms with Crippen LogP contribution in [0.2, 0.25) is 0 Å². The van der Waals surface area contributed by atoms with E-state index in [2.05, 4.69) is 9.98 Å². The van der Waals surface area contributed by atoms with E-state index in [1.54, 1.807) is 24.4 Å². The lowest BCUT2D eigenvalue weighted by atomic mass is 10.0. The molecule has 0 aliphatic rings. The predicted molar refractivity (Wildman–Crippen MR) is 104 cm³/mol. The Morgan fingerprint density at radius 2 is 1.85 bits per heavy atom. The Morgan fingerprint density at radius 1 is 1.04 bits per heavy atom.